The molecule has 6 nitrogen and oxygen atoms in total. The summed E-state index contributed by atoms with van der Waals surface area (Å²) in [6.07, 6.45) is 7.57. The van der Waals surface area contributed by atoms with Crippen LogP contribution in [0.3, 0.4) is 0 Å². The second-order valence-corrected chi connectivity index (χ2v) is 7.62. The van der Waals surface area contributed by atoms with Crippen molar-refractivity contribution in [2.45, 2.75) is 13.3 Å². The normalized spacial score (nSPS) is 14.3. The molecule has 0 radical (unpaired) electrons. The fraction of sp³-hybridized carbons (Fsp3) is 0.208. The minimum atomic E-state index is -0.341. The summed E-state index contributed by atoms with van der Waals surface area (Å²) >= 11 is 3.30. The van der Waals surface area contributed by atoms with Crippen LogP contribution in [0.15, 0.2) is 70.7 Å². The van der Waals surface area contributed by atoms with Crippen molar-refractivity contribution in [1.82, 2.24) is 4.90 Å². The molecule has 2 amide bonds. The van der Waals surface area contributed by atoms with Crippen LogP contribution in [0.1, 0.15) is 44.4 Å². The average Bonchev–Trinajstić information content (AvgIpc) is 3.28. The molecule has 7 heteroatoms. The number of aldehydes is 1. The number of rotatable bonds is 5. The summed E-state index contributed by atoms with van der Waals surface area (Å²) in [7, 11) is 1.00. The zero-order valence-electron chi connectivity index (χ0n) is 17.5. The minimum absolute atomic E-state index is 0.0445. The van der Waals surface area contributed by atoms with Crippen LogP contribution >= 0.6 is 15.9 Å². The van der Waals surface area contributed by atoms with Crippen LogP contribution in [0.2, 0.25) is 0 Å². The number of hydrogen-bond donors (Lipinski definition) is 2. The Kier molecular flexibility index (Phi) is 9.37. The van der Waals surface area contributed by atoms with Gasteiger partial charge >= 0.3 is 0 Å². The average molecular weight is 485 g/mol. The van der Waals surface area contributed by atoms with Gasteiger partial charge in [-0.05, 0) is 61.4 Å². The van der Waals surface area contributed by atoms with E-state index in [4.69, 9.17) is 5.11 Å². The molecular formula is C24H25BrN2O4. The third-order valence-electron chi connectivity index (χ3n) is 4.69. The van der Waals surface area contributed by atoms with E-state index in [1.165, 1.54) is 5.57 Å². The van der Waals surface area contributed by atoms with E-state index in [1.54, 1.807) is 42.5 Å². The zero-order chi connectivity index (χ0) is 22.8. The molecule has 1 aliphatic heterocycles. The minimum Gasteiger partial charge on any atom is -0.400 e. The van der Waals surface area contributed by atoms with E-state index in [2.05, 4.69) is 27.3 Å². The Balaban J connectivity index is 0.00000166. The summed E-state index contributed by atoms with van der Waals surface area (Å²) in [5.74, 6) is -0.385. The van der Waals surface area contributed by atoms with Gasteiger partial charge in [0, 0.05) is 41.4 Å². The molecule has 2 aromatic rings. The van der Waals surface area contributed by atoms with Crippen LogP contribution in [0, 0.1) is 0 Å². The quantitative estimate of drug-likeness (QED) is 0.612. The van der Waals surface area contributed by atoms with Crippen LogP contribution in [0.4, 0.5) is 5.69 Å². The van der Waals surface area contributed by atoms with Gasteiger partial charge in [-0.3, -0.25) is 14.4 Å². The fourth-order valence-electron chi connectivity index (χ4n) is 3.11. The van der Waals surface area contributed by atoms with Gasteiger partial charge in [0.2, 0.25) is 0 Å². The maximum Gasteiger partial charge on any atom is 0.255 e. The molecule has 3 rings (SSSR count). The largest absolute Gasteiger partial charge is 0.400 e. The Morgan fingerprint density at radius 3 is 2.42 bits per heavy atom. The number of nitrogens with zero attached hydrogens (tertiary/aromatic N) is 1. The fourth-order valence-corrected chi connectivity index (χ4v) is 3.49. The van der Waals surface area contributed by atoms with Gasteiger partial charge in [-0.25, -0.2) is 0 Å². The lowest BCUT2D eigenvalue weighted by atomic mass is 10.1. The number of allylic oxidation sites excluding steroid dienone is 3. The third-order valence-corrected chi connectivity index (χ3v) is 5.18. The van der Waals surface area contributed by atoms with Crippen molar-refractivity contribution in [1.29, 1.82) is 0 Å². The molecule has 0 aliphatic carbocycles. The van der Waals surface area contributed by atoms with E-state index < -0.39 is 0 Å². The first-order valence-corrected chi connectivity index (χ1v) is 10.5. The first kappa shape index (κ1) is 24.2. The van der Waals surface area contributed by atoms with E-state index in [9.17, 15) is 14.4 Å². The number of nitrogens with one attached hydrogen (secondary N) is 1. The highest BCUT2D eigenvalue weighted by molar-refractivity contribution is 9.10. The number of hydrogen-bond acceptors (Lipinski definition) is 4. The lowest BCUT2D eigenvalue weighted by Crippen LogP contribution is -2.27. The summed E-state index contributed by atoms with van der Waals surface area (Å²) in [6, 6.07) is 11.6. The second-order valence-electron chi connectivity index (χ2n) is 6.71. The van der Waals surface area contributed by atoms with Gasteiger partial charge in [-0.2, -0.15) is 0 Å². The molecule has 2 aromatic carbocycles. The summed E-state index contributed by atoms with van der Waals surface area (Å²) in [5.41, 5.74) is 3.01. The number of anilines is 1. The van der Waals surface area contributed by atoms with Gasteiger partial charge in [-0.15, -0.1) is 0 Å². The van der Waals surface area contributed by atoms with Crippen molar-refractivity contribution in [3.05, 3.63) is 87.4 Å². The third kappa shape index (κ3) is 6.47. The van der Waals surface area contributed by atoms with Crippen LogP contribution in [-0.2, 0) is 0 Å². The van der Waals surface area contributed by atoms with Crippen molar-refractivity contribution < 1.29 is 19.5 Å². The lowest BCUT2D eigenvalue weighted by molar-refractivity contribution is 0.0795. The predicted octanol–water partition coefficient (Wildman–Crippen LogP) is 4.47. The Morgan fingerprint density at radius 2 is 1.77 bits per heavy atom. The number of aliphatic hydroxyl groups is 1. The first-order chi connectivity index (χ1) is 15.0. The van der Waals surface area contributed by atoms with Gasteiger partial charge in [0.05, 0.1) is 5.69 Å². The summed E-state index contributed by atoms with van der Waals surface area (Å²) < 4.78 is 0.756. The zero-order valence-corrected chi connectivity index (χ0v) is 19.1. The molecule has 1 aliphatic rings. The number of aliphatic hydroxyl groups excluding tert-OH is 1. The monoisotopic (exact) mass is 484 g/mol. The van der Waals surface area contributed by atoms with Crippen LogP contribution in [0.25, 0.3) is 0 Å². The standard InChI is InChI=1S/C23H21BrN2O3.CH4O/c1-2-3-4-16-11-12-26(14-16)23(29)18-7-5-17(6-8-18)22(28)25-21-10-9-20(24)13-19(21)15-27;1-2/h2-10,13,15H,11-12,14H2,1H3,(H,25,28);2H,1H3/b3-2-,16-4-;. The predicted molar refractivity (Wildman–Crippen MR) is 125 cm³/mol. The number of carbonyl (C=O) groups is 3. The van der Waals surface area contributed by atoms with Crippen molar-refractivity contribution in [3.8, 4) is 0 Å². The molecule has 0 saturated carbocycles. The summed E-state index contributed by atoms with van der Waals surface area (Å²) in [5, 5.41) is 9.73. The smallest absolute Gasteiger partial charge is 0.255 e. The number of amides is 2. The second kappa shape index (κ2) is 12.0. The van der Waals surface area contributed by atoms with E-state index in [-0.39, 0.29) is 11.8 Å². The molecule has 1 saturated heterocycles. The van der Waals surface area contributed by atoms with E-state index in [1.807, 2.05) is 24.0 Å². The molecule has 0 bridgehead atoms. The maximum atomic E-state index is 12.7. The SMILES string of the molecule is C/C=C\C=C1\CCN(C(=O)c2ccc(C(=O)Nc3ccc(Br)cc3C=O)cc2)C1.CO. The molecule has 31 heavy (non-hydrogen) atoms. The van der Waals surface area contributed by atoms with Crippen molar-refractivity contribution in [3.63, 3.8) is 0 Å². The van der Waals surface area contributed by atoms with E-state index in [0.717, 1.165) is 18.0 Å². The Morgan fingerprint density at radius 1 is 1.10 bits per heavy atom. The van der Waals surface area contributed by atoms with Crippen molar-refractivity contribution in [2.75, 3.05) is 25.5 Å². The Labute approximate surface area is 190 Å². The van der Waals surface area contributed by atoms with Crippen LogP contribution < -0.4 is 5.32 Å². The topological polar surface area (TPSA) is 86.7 Å². The van der Waals surface area contributed by atoms with Gasteiger partial charge in [0.25, 0.3) is 11.8 Å². The molecule has 2 N–H and O–H groups in total. The highest BCUT2D eigenvalue weighted by atomic mass is 79.9. The number of likely N-dealkylation sites (tertiary alicyclic amines) is 1. The highest BCUT2D eigenvalue weighted by Crippen LogP contribution is 2.21. The van der Waals surface area contributed by atoms with E-state index in [0.29, 0.717) is 41.8 Å². The van der Waals surface area contributed by atoms with Crippen molar-refractivity contribution in [2.24, 2.45) is 0 Å². The molecule has 162 valence electrons. The van der Waals surface area contributed by atoms with E-state index >= 15 is 0 Å². The number of carbonyl (C=O) groups excluding carboxylic acids is 3. The lowest BCUT2D eigenvalue weighted by Gasteiger charge is -2.15. The molecule has 0 spiro atoms. The summed E-state index contributed by atoms with van der Waals surface area (Å²) in [4.78, 5) is 38.2. The maximum absolute atomic E-state index is 12.7. The molecule has 0 unspecified atom stereocenters. The van der Waals surface area contributed by atoms with Crippen molar-refractivity contribution >= 4 is 39.7 Å². The molecule has 0 atom stereocenters. The van der Waals surface area contributed by atoms with Gasteiger partial charge in [0.15, 0.2) is 6.29 Å². The van der Waals surface area contributed by atoms with Crippen LogP contribution in [0.5, 0.6) is 0 Å². The number of benzene rings is 2. The summed E-state index contributed by atoms with van der Waals surface area (Å²) in [6.45, 7) is 3.29. The highest BCUT2D eigenvalue weighted by Gasteiger charge is 2.22. The Bertz CT molecular complexity index is 997. The van der Waals surface area contributed by atoms with Gasteiger partial charge in [0.1, 0.15) is 0 Å². The molecule has 0 aromatic heterocycles. The Hall–Kier alpha value is -3.03. The van der Waals surface area contributed by atoms with Gasteiger partial charge < -0.3 is 15.3 Å². The molecule has 1 heterocycles. The van der Waals surface area contributed by atoms with Gasteiger partial charge in [-0.1, -0.05) is 34.2 Å². The number of halogens is 1. The van der Waals surface area contributed by atoms with Crippen LogP contribution in [-0.4, -0.2) is 48.3 Å². The molecular weight excluding hydrogens is 460 g/mol. The first-order valence-electron chi connectivity index (χ1n) is 9.72. The molecule has 1 fully saturated rings.